The Hall–Kier alpha value is -3.58. The fourth-order valence-electron chi connectivity index (χ4n) is 11.2. The number of esters is 2. The molecule has 5 rings (SSSR count). The van der Waals surface area contributed by atoms with Gasteiger partial charge in [0.1, 0.15) is 18.8 Å². The highest BCUT2D eigenvalue weighted by Crippen LogP contribution is 2.68. The standard InChI is InChI=1S/C41H61N3O10/c1-26(6-15-37(47)53-23-22-52-21-5-20-42-4)32-13-14-33-31-12-9-28-24-30(16-18-40(28,2)34(31)17-19-41(32,33)3)54-39(49)35(25-36(45)46)43-38(48)27-7-10-29(11-8-27)44(50)51/h7-8,10-11,26,28,30-35,42H,5-6,9,12-25H2,1-4H3,(H,43,48)(H,45,46)/t26-,28-,30-,31+,32?,33+,34+,35+,40+,41-/m1/s1. The summed E-state index contributed by atoms with van der Waals surface area (Å²) in [7, 11) is 1.91. The molecule has 0 aromatic heterocycles. The second kappa shape index (κ2) is 18.4. The lowest BCUT2D eigenvalue weighted by Crippen LogP contribution is -2.54. The first-order valence-electron chi connectivity index (χ1n) is 20.1. The molecular formula is C41H61N3O10. The van der Waals surface area contributed by atoms with Crippen LogP contribution in [0.15, 0.2) is 24.3 Å². The summed E-state index contributed by atoms with van der Waals surface area (Å²) in [4.78, 5) is 60.8. The van der Waals surface area contributed by atoms with Crippen molar-refractivity contribution in [3.05, 3.63) is 39.9 Å². The third kappa shape index (κ3) is 9.61. The number of nitro benzene ring substituents is 1. The molecule has 1 unspecified atom stereocenters. The van der Waals surface area contributed by atoms with E-state index in [1.807, 2.05) is 7.05 Å². The zero-order valence-electron chi connectivity index (χ0n) is 32.5. The number of hydrogen-bond acceptors (Lipinski definition) is 10. The molecule has 0 saturated heterocycles. The first-order valence-corrected chi connectivity index (χ1v) is 20.1. The lowest BCUT2D eigenvalue weighted by atomic mass is 9.44. The number of rotatable bonds is 18. The highest BCUT2D eigenvalue weighted by molar-refractivity contribution is 5.97. The molecule has 4 fully saturated rings. The summed E-state index contributed by atoms with van der Waals surface area (Å²) in [6, 6.07) is 3.51. The second-order valence-corrected chi connectivity index (χ2v) is 17.0. The van der Waals surface area contributed by atoms with Gasteiger partial charge in [0.25, 0.3) is 11.6 Å². The molecule has 1 aromatic carbocycles. The normalized spacial score (nSPS) is 31.2. The Kier molecular flexibility index (Phi) is 14.1. The third-order valence-electron chi connectivity index (χ3n) is 14.0. The number of aliphatic carboxylic acids is 1. The van der Waals surface area contributed by atoms with Crippen LogP contribution in [0, 0.1) is 56.5 Å². The molecule has 4 aliphatic carbocycles. The van der Waals surface area contributed by atoms with Crippen molar-refractivity contribution in [2.45, 2.75) is 116 Å². The molecule has 4 aliphatic rings. The average molecular weight is 756 g/mol. The van der Waals surface area contributed by atoms with Gasteiger partial charge in [-0.2, -0.15) is 0 Å². The maximum absolute atomic E-state index is 13.3. The Labute approximate surface area is 319 Å². The van der Waals surface area contributed by atoms with Crippen molar-refractivity contribution in [3.8, 4) is 0 Å². The molecule has 13 heteroatoms. The quantitative estimate of drug-likeness (QED) is 0.0659. The van der Waals surface area contributed by atoms with E-state index in [2.05, 4.69) is 31.4 Å². The Morgan fingerprint density at radius 3 is 2.39 bits per heavy atom. The van der Waals surface area contributed by atoms with Crippen molar-refractivity contribution in [2.75, 3.05) is 33.4 Å². The number of amides is 1. The van der Waals surface area contributed by atoms with E-state index < -0.39 is 35.2 Å². The van der Waals surface area contributed by atoms with Crippen LogP contribution in [-0.2, 0) is 28.6 Å². The maximum Gasteiger partial charge on any atom is 0.329 e. The molecule has 54 heavy (non-hydrogen) atoms. The summed E-state index contributed by atoms with van der Waals surface area (Å²) >= 11 is 0. The number of carboxylic acid groups (broad SMARTS) is 1. The number of fused-ring (bicyclic) bond motifs is 5. The number of nitro groups is 1. The van der Waals surface area contributed by atoms with Crippen molar-refractivity contribution in [1.82, 2.24) is 10.6 Å². The van der Waals surface area contributed by atoms with Crippen molar-refractivity contribution in [3.63, 3.8) is 0 Å². The van der Waals surface area contributed by atoms with Crippen molar-refractivity contribution in [2.24, 2.45) is 46.3 Å². The molecule has 0 radical (unpaired) electrons. The van der Waals surface area contributed by atoms with Crippen LogP contribution >= 0.6 is 0 Å². The van der Waals surface area contributed by atoms with Gasteiger partial charge in [-0.05, 0) is 143 Å². The van der Waals surface area contributed by atoms with E-state index in [0.29, 0.717) is 68.2 Å². The van der Waals surface area contributed by atoms with Gasteiger partial charge in [-0.25, -0.2) is 4.79 Å². The minimum absolute atomic E-state index is 0.0776. The van der Waals surface area contributed by atoms with Crippen LogP contribution in [-0.4, -0.2) is 79.4 Å². The molecule has 0 heterocycles. The summed E-state index contributed by atoms with van der Waals surface area (Å²) < 4.78 is 16.9. The van der Waals surface area contributed by atoms with Gasteiger partial charge in [-0.1, -0.05) is 20.8 Å². The van der Waals surface area contributed by atoms with Crippen LogP contribution in [0.3, 0.4) is 0 Å². The predicted octanol–water partition coefficient (Wildman–Crippen LogP) is 6.32. The number of hydrogen-bond donors (Lipinski definition) is 3. The number of carbonyl (C=O) groups excluding carboxylic acids is 3. The number of carboxylic acids is 1. The molecular weight excluding hydrogens is 694 g/mol. The smallest absolute Gasteiger partial charge is 0.329 e. The molecule has 1 amide bonds. The molecule has 3 N–H and O–H groups in total. The zero-order chi connectivity index (χ0) is 39.0. The third-order valence-corrected chi connectivity index (χ3v) is 14.0. The van der Waals surface area contributed by atoms with Crippen molar-refractivity contribution >= 4 is 29.5 Å². The molecule has 4 saturated carbocycles. The SMILES string of the molecule is CNCCCOCCOC(=O)CC[C@@H](C)C1CC[C@H]2[C@@H]3CC[C@@H]4C[C@H](OC(=O)[C@H](CC(=O)O)NC(=O)c5ccc([N+](=O)[O-])cc5)CC[C@]4(C)[C@H]3CC[C@]12C. The van der Waals surface area contributed by atoms with E-state index in [0.717, 1.165) is 45.1 Å². The van der Waals surface area contributed by atoms with Crippen LogP contribution in [0.25, 0.3) is 0 Å². The largest absolute Gasteiger partial charge is 0.481 e. The van der Waals surface area contributed by atoms with Crippen LogP contribution in [0.4, 0.5) is 5.69 Å². The highest BCUT2D eigenvalue weighted by atomic mass is 16.6. The Balaban J connectivity index is 1.12. The molecule has 300 valence electrons. The van der Waals surface area contributed by atoms with Crippen LogP contribution in [0.2, 0.25) is 0 Å². The molecule has 0 bridgehead atoms. The average Bonchev–Trinajstić information content (AvgIpc) is 3.50. The minimum atomic E-state index is -1.38. The van der Waals surface area contributed by atoms with E-state index in [-0.39, 0.29) is 34.2 Å². The summed E-state index contributed by atoms with van der Waals surface area (Å²) in [5.41, 5.74) is 0.297. The molecule has 0 aliphatic heterocycles. The highest BCUT2D eigenvalue weighted by Gasteiger charge is 2.60. The lowest BCUT2D eigenvalue weighted by molar-refractivity contribution is -0.384. The Morgan fingerprint density at radius 2 is 1.69 bits per heavy atom. The lowest BCUT2D eigenvalue weighted by Gasteiger charge is -2.61. The molecule has 10 atom stereocenters. The Bertz CT molecular complexity index is 1490. The summed E-state index contributed by atoms with van der Waals surface area (Å²) in [6.45, 7) is 9.58. The van der Waals surface area contributed by atoms with E-state index in [9.17, 15) is 34.4 Å². The Morgan fingerprint density at radius 1 is 0.963 bits per heavy atom. The van der Waals surface area contributed by atoms with Crippen LogP contribution in [0.5, 0.6) is 0 Å². The van der Waals surface area contributed by atoms with E-state index >= 15 is 0 Å². The van der Waals surface area contributed by atoms with Gasteiger partial charge < -0.3 is 30.0 Å². The monoisotopic (exact) mass is 755 g/mol. The summed E-state index contributed by atoms with van der Waals surface area (Å²) in [5, 5.41) is 26.0. The predicted molar refractivity (Wildman–Crippen MR) is 200 cm³/mol. The van der Waals surface area contributed by atoms with Gasteiger partial charge >= 0.3 is 17.9 Å². The van der Waals surface area contributed by atoms with Crippen molar-refractivity contribution in [1.29, 1.82) is 0 Å². The van der Waals surface area contributed by atoms with Gasteiger partial charge in [0.2, 0.25) is 0 Å². The summed E-state index contributed by atoms with van der Waals surface area (Å²) in [6.07, 6.45) is 10.6. The maximum atomic E-state index is 13.3. The van der Waals surface area contributed by atoms with Gasteiger partial charge in [-0.3, -0.25) is 24.5 Å². The fraction of sp³-hybridized carbons (Fsp3) is 0.756. The van der Waals surface area contributed by atoms with Gasteiger partial charge in [0, 0.05) is 30.7 Å². The molecule has 1 aromatic rings. The van der Waals surface area contributed by atoms with Crippen molar-refractivity contribution < 1.29 is 43.4 Å². The van der Waals surface area contributed by atoms with E-state index in [4.69, 9.17) is 14.2 Å². The van der Waals surface area contributed by atoms with Crippen LogP contribution < -0.4 is 10.6 Å². The number of ether oxygens (including phenoxy) is 3. The zero-order valence-corrected chi connectivity index (χ0v) is 32.5. The van der Waals surface area contributed by atoms with Gasteiger partial charge in [-0.15, -0.1) is 0 Å². The van der Waals surface area contributed by atoms with Gasteiger partial charge in [0.15, 0.2) is 0 Å². The first kappa shape index (κ1) is 41.6. The van der Waals surface area contributed by atoms with E-state index in [1.54, 1.807) is 0 Å². The number of non-ortho nitro benzene ring substituents is 1. The number of carbonyl (C=O) groups is 4. The number of nitrogens with zero attached hydrogens (tertiary/aromatic N) is 1. The molecule has 0 spiro atoms. The fourth-order valence-corrected chi connectivity index (χ4v) is 11.2. The van der Waals surface area contributed by atoms with Crippen LogP contribution in [0.1, 0.15) is 115 Å². The second-order valence-electron chi connectivity index (χ2n) is 17.0. The summed E-state index contributed by atoms with van der Waals surface area (Å²) in [5.74, 6) is 0.501. The molecule has 13 nitrogen and oxygen atoms in total. The topological polar surface area (TPSA) is 183 Å². The number of benzene rings is 1. The van der Waals surface area contributed by atoms with Gasteiger partial charge in [0.05, 0.1) is 18.0 Å². The van der Waals surface area contributed by atoms with E-state index in [1.165, 1.54) is 49.9 Å². The minimum Gasteiger partial charge on any atom is -0.481 e. The first-order chi connectivity index (χ1) is 25.8. The number of nitrogens with one attached hydrogen (secondary N) is 2.